The second-order valence-corrected chi connectivity index (χ2v) is 5.80. The van der Waals surface area contributed by atoms with Gasteiger partial charge in [-0.15, -0.1) is 0 Å². The number of nitrogens with one attached hydrogen (secondary N) is 1. The van der Waals surface area contributed by atoms with Gasteiger partial charge in [-0.25, -0.2) is 4.79 Å². The monoisotopic (exact) mass is 273 g/mol. The van der Waals surface area contributed by atoms with Crippen molar-refractivity contribution >= 4 is 11.8 Å². The summed E-state index contributed by atoms with van der Waals surface area (Å²) in [6.45, 7) is 5.21. The number of methoxy groups -OCH3 is 1. The van der Waals surface area contributed by atoms with Gasteiger partial charge in [0.1, 0.15) is 0 Å². The molecule has 20 heavy (non-hydrogen) atoms. The van der Waals surface area contributed by atoms with Gasteiger partial charge in [0.05, 0.1) is 12.7 Å². The first-order valence-electron chi connectivity index (χ1n) is 6.58. The Balaban J connectivity index is 2.10. The van der Waals surface area contributed by atoms with Gasteiger partial charge in [0.15, 0.2) is 5.78 Å². The van der Waals surface area contributed by atoms with Crippen LogP contribution in [0.25, 0.3) is 0 Å². The number of ether oxygens (including phenoxy) is 1. The molecule has 0 spiro atoms. The summed E-state index contributed by atoms with van der Waals surface area (Å²) in [5.41, 5.74) is 2.17. The highest BCUT2D eigenvalue weighted by Crippen LogP contribution is 2.29. The zero-order chi connectivity index (χ0) is 14.8. The maximum Gasteiger partial charge on any atom is 0.337 e. The van der Waals surface area contributed by atoms with Gasteiger partial charge in [0, 0.05) is 23.9 Å². The number of hydrogen-bond acceptors (Lipinski definition) is 4. The molecule has 1 aromatic rings. The van der Waals surface area contributed by atoms with Crippen molar-refractivity contribution < 1.29 is 14.3 Å². The summed E-state index contributed by atoms with van der Waals surface area (Å²) < 4.78 is 4.62. The number of carbonyl (C=O) groups excluding carboxylic acids is 2. The van der Waals surface area contributed by atoms with E-state index >= 15 is 0 Å². The minimum Gasteiger partial charge on any atom is -0.465 e. The van der Waals surface area contributed by atoms with Crippen LogP contribution in [0.2, 0.25) is 0 Å². The number of allylic oxidation sites excluding steroid dienone is 2. The fourth-order valence-electron chi connectivity index (χ4n) is 2.23. The summed E-state index contributed by atoms with van der Waals surface area (Å²) in [4.78, 5) is 23.4. The van der Waals surface area contributed by atoms with Crippen LogP contribution in [0.1, 0.15) is 41.0 Å². The summed E-state index contributed by atoms with van der Waals surface area (Å²) in [5.74, 6) is -0.455. The van der Waals surface area contributed by atoms with Gasteiger partial charge >= 0.3 is 5.97 Å². The molecule has 1 fully saturated rings. The van der Waals surface area contributed by atoms with E-state index in [1.807, 2.05) is 0 Å². The highest BCUT2D eigenvalue weighted by molar-refractivity contribution is 6.05. The standard InChI is InChI=1S/C16H19NO3/c1-16(2)9-13(17-10-16)8-14(18)11-4-6-12(7-5-11)15(19)20-3/h4-8,17H,9-10H2,1-3H3/b13-8-. The van der Waals surface area contributed by atoms with Crippen molar-refractivity contribution in [3.8, 4) is 0 Å². The molecule has 0 unspecified atom stereocenters. The van der Waals surface area contributed by atoms with Gasteiger partial charge < -0.3 is 10.1 Å². The first kappa shape index (κ1) is 14.3. The molecule has 2 rings (SSSR count). The van der Waals surface area contributed by atoms with Crippen molar-refractivity contribution in [1.29, 1.82) is 0 Å². The van der Waals surface area contributed by atoms with Crippen LogP contribution in [0, 0.1) is 5.41 Å². The molecule has 1 N–H and O–H groups in total. The minimum atomic E-state index is -0.401. The van der Waals surface area contributed by atoms with Crippen LogP contribution >= 0.6 is 0 Å². The topological polar surface area (TPSA) is 55.4 Å². The van der Waals surface area contributed by atoms with E-state index in [1.54, 1.807) is 30.3 Å². The summed E-state index contributed by atoms with van der Waals surface area (Å²) in [5, 5.41) is 3.25. The van der Waals surface area contributed by atoms with Crippen molar-refractivity contribution in [3.05, 3.63) is 47.2 Å². The van der Waals surface area contributed by atoms with Crippen LogP contribution in [0.5, 0.6) is 0 Å². The molecule has 0 saturated carbocycles. The normalized spacial score (nSPS) is 18.6. The molecule has 0 atom stereocenters. The van der Waals surface area contributed by atoms with Crippen LogP contribution in [0.4, 0.5) is 0 Å². The number of rotatable bonds is 3. The van der Waals surface area contributed by atoms with E-state index < -0.39 is 5.97 Å². The van der Waals surface area contributed by atoms with E-state index in [1.165, 1.54) is 7.11 Å². The predicted octanol–water partition coefficient (Wildman–Crippen LogP) is 2.56. The van der Waals surface area contributed by atoms with E-state index in [-0.39, 0.29) is 11.2 Å². The zero-order valence-corrected chi connectivity index (χ0v) is 12.0. The van der Waals surface area contributed by atoms with Crippen molar-refractivity contribution in [1.82, 2.24) is 5.32 Å². The van der Waals surface area contributed by atoms with E-state index in [0.717, 1.165) is 18.7 Å². The first-order chi connectivity index (χ1) is 9.41. The van der Waals surface area contributed by atoms with Gasteiger partial charge in [-0.1, -0.05) is 26.0 Å². The lowest BCUT2D eigenvalue weighted by Crippen LogP contribution is -2.15. The molecule has 0 bridgehead atoms. The number of ketones is 1. The third kappa shape index (κ3) is 3.26. The second-order valence-electron chi connectivity index (χ2n) is 5.80. The quantitative estimate of drug-likeness (QED) is 0.522. The molecular weight excluding hydrogens is 254 g/mol. The summed E-state index contributed by atoms with van der Waals surface area (Å²) in [6, 6.07) is 6.49. The summed E-state index contributed by atoms with van der Waals surface area (Å²) >= 11 is 0. The summed E-state index contributed by atoms with van der Waals surface area (Å²) in [7, 11) is 1.33. The number of benzene rings is 1. The number of hydrogen-bond donors (Lipinski definition) is 1. The van der Waals surface area contributed by atoms with Gasteiger partial charge in [0.2, 0.25) is 0 Å². The maximum atomic E-state index is 12.1. The van der Waals surface area contributed by atoms with E-state index in [0.29, 0.717) is 11.1 Å². The Morgan fingerprint density at radius 1 is 1.20 bits per heavy atom. The lowest BCUT2D eigenvalue weighted by molar-refractivity contribution is 0.0600. The lowest BCUT2D eigenvalue weighted by Gasteiger charge is -2.12. The van der Waals surface area contributed by atoms with Crippen LogP contribution in [-0.2, 0) is 4.74 Å². The molecule has 106 valence electrons. The minimum absolute atomic E-state index is 0.0541. The highest BCUT2D eigenvalue weighted by atomic mass is 16.5. The van der Waals surface area contributed by atoms with Gasteiger partial charge in [-0.2, -0.15) is 0 Å². The molecule has 1 heterocycles. The van der Waals surface area contributed by atoms with Crippen molar-refractivity contribution in [2.24, 2.45) is 5.41 Å². The van der Waals surface area contributed by atoms with Crippen LogP contribution in [0.3, 0.4) is 0 Å². The fraction of sp³-hybridized carbons (Fsp3) is 0.375. The van der Waals surface area contributed by atoms with Gasteiger partial charge in [0.25, 0.3) is 0 Å². The molecule has 1 aliphatic heterocycles. The SMILES string of the molecule is COC(=O)c1ccc(C(=O)/C=C2/CC(C)(C)CN2)cc1. The van der Waals surface area contributed by atoms with Crippen LogP contribution in [0.15, 0.2) is 36.0 Å². The van der Waals surface area contributed by atoms with Crippen LogP contribution in [-0.4, -0.2) is 25.4 Å². The molecule has 4 nitrogen and oxygen atoms in total. The molecule has 0 radical (unpaired) electrons. The Hall–Kier alpha value is -2.10. The maximum absolute atomic E-state index is 12.1. The van der Waals surface area contributed by atoms with E-state index in [2.05, 4.69) is 23.9 Å². The largest absolute Gasteiger partial charge is 0.465 e. The smallest absolute Gasteiger partial charge is 0.337 e. The number of esters is 1. The van der Waals surface area contributed by atoms with Crippen molar-refractivity contribution in [2.45, 2.75) is 20.3 Å². The average Bonchev–Trinajstić information content (AvgIpc) is 2.77. The molecule has 1 aliphatic rings. The lowest BCUT2D eigenvalue weighted by atomic mass is 9.92. The van der Waals surface area contributed by atoms with E-state index in [4.69, 9.17) is 0 Å². The number of carbonyl (C=O) groups is 2. The van der Waals surface area contributed by atoms with Gasteiger partial charge in [-0.3, -0.25) is 4.79 Å². The second kappa shape index (κ2) is 5.49. The Morgan fingerprint density at radius 3 is 2.30 bits per heavy atom. The molecule has 0 aliphatic carbocycles. The first-order valence-corrected chi connectivity index (χ1v) is 6.58. The molecule has 1 aromatic carbocycles. The van der Waals surface area contributed by atoms with Gasteiger partial charge in [-0.05, 0) is 24.0 Å². The summed E-state index contributed by atoms with van der Waals surface area (Å²) in [6.07, 6.45) is 2.51. The average molecular weight is 273 g/mol. The Kier molecular flexibility index (Phi) is 3.93. The molecule has 0 aromatic heterocycles. The Morgan fingerprint density at radius 2 is 1.80 bits per heavy atom. The third-order valence-electron chi connectivity index (χ3n) is 3.36. The molecule has 1 saturated heterocycles. The molecule has 0 amide bonds. The van der Waals surface area contributed by atoms with Crippen LogP contribution < -0.4 is 5.32 Å². The van der Waals surface area contributed by atoms with E-state index in [9.17, 15) is 9.59 Å². The van der Waals surface area contributed by atoms with Crippen molar-refractivity contribution in [2.75, 3.05) is 13.7 Å². The fourth-order valence-corrected chi connectivity index (χ4v) is 2.23. The predicted molar refractivity (Wildman–Crippen MR) is 76.6 cm³/mol. The zero-order valence-electron chi connectivity index (χ0n) is 12.0. The molecular formula is C16H19NO3. The highest BCUT2D eigenvalue weighted by Gasteiger charge is 2.26. The Labute approximate surface area is 118 Å². The Bertz CT molecular complexity index is 556. The van der Waals surface area contributed by atoms with Crippen molar-refractivity contribution in [3.63, 3.8) is 0 Å². The third-order valence-corrected chi connectivity index (χ3v) is 3.36. The molecule has 4 heteroatoms.